The van der Waals surface area contributed by atoms with Gasteiger partial charge in [-0.05, 0) is 23.8 Å². The Morgan fingerprint density at radius 2 is 2.06 bits per heavy atom. The summed E-state index contributed by atoms with van der Waals surface area (Å²) < 4.78 is 0. The highest BCUT2D eigenvalue weighted by atomic mass is 79.9. The van der Waals surface area contributed by atoms with Gasteiger partial charge in [-0.1, -0.05) is 39.9 Å². The summed E-state index contributed by atoms with van der Waals surface area (Å²) in [4.78, 5) is 10.3. The molecule has 0 aliphatic rings. The number of benzene rings is 1. The molecule has 0 saturated carbocycles. The van der Waals surface area contributed by atoms with Gasteiger partial charge in [0.1, 0.15) is 0 Å². The fourth-order valence-electron chi connectivity index (χ4n) is 1.06. The summed E-state index contributed by atoms with van der Waals surface area (Å²) in [5, 5.41) is 9.33. The normalized spacial score (nSPS) is 9.81. The van der Waals surface area contributed by atoms with E-state index in [9.17, 15) is 4.79 Å². The Morgan fingerprint density at radius 3 is 2.62 bits per heavy atom. The Balaban J connectivity index is 2.69. The molecular weight excluding hydrogens is 268 g/mol. The second-order valence-corrected chi connectivity index (χ2v) is 3.83. The van der Waals surface area contributed by atoms with Crippen LogP contribution in [0.1, 0.15) is 17.5 Å². The van der Waals surface area contributed by atoms with Gasteiger partial charge in [0.2, 0.25) is 0 Å². The number of rotatable bonds is 3. The van der Waals surface area contributed by atoms with Gasteiger partial charge in [-0.2, -0.15) is 0 Å². The monoisotopic (exact) mass is 278 g/mol. The highest BCUT2D eigenvalue weighted by Crippen LogP contribution is 2.05. The van der Waals surface area contributed by atoms with Crippen molar-refractivity contribution in [2.24, 2.45) is 0 Å². The van der Waals surface area contributed by atoms with Crippen molar-refractivity contribution in [3.63, 3.8) is 0 Å². The molecule has 1 rings (SSSR count). The van der Waals surface area contributed by atoms with Crippen LogP contribution in [0.2, 0.25) is 0 Å². The molecule has 0 amide bonds. The van der Waals surface area contributed by atoms with Crippen LogP contribution in [-0.2, 0) is 4.79 Å². The van der Waals surface area contributed by atoms with Crippen LogP contribution in [0.25, 0.3) is 6.08 Å². The molecule has 0 atom stereocenters. The highest BCUT2D eigenvalue weighted by Gasteiger charge is 1.90. The molecule has 0 heterocycles. The number of carboxylic acids is 1. The summed E-state index contributed by atoms with van der Waals surface area (Å²) in [5.74, 6) is 5.09. The molecule has 0 bridgehead atoms. The second kappa shape index (κ2) is 6.86. The molecule has 3 heteroatoms. The van der Waals surface area contributed by atoms with Crippen molar-refractivity contribution in [3.05, 3.63) is 41.5 Å². The summed E-state index contributed by atoms with van der Waals surface area (Å²) >= 11 is 3.30. The molecule has 0 aliphatic heterocycles. The van der Waals surface area contributed by atoms with E-state index in [1.54, 1.807) is 6.08 Å². The van der Waals surface area contributed by atoms with E-state index in [2.05, 4.69) is 27.8 Å². The van der Waals surface area contributed by atoms with Crippen LogP contribution in [0.3, 0.4) is 0 Å². The maximum atomic E-state index is 10.3. The number of alkyl halides is 1. The number of aliphatic carboxylic acids is 1. The van der Waals surface area contributed by atoms with Gasteiger partial charge in [0, 0.05) is 23.4 Å². The zero-order chi connectivity index (χ0) is 11.8. The average Bonchev–Trinajstić information content (AvgIpc) is 2.28. The smallest absolute Gasteiger partial charge is 0.328 e. The third-order valence-electron chi connectivity index (χ3n) is 1.78. The van der Waals surface area contributed by atoms with Crippen molar-refractivity contribution in [2.45, 2.75) is 6.42 Å². The van der Waals surface area contributed by atoms with Crippen molar-refractivity contribution >= 4 is 28.0 Å². The van der Waals surface area contributed by atoms with Crippen LogP contribution in [0.4, 0.5) is 0 Å². The molecule has 0 aliphatic carbocycles. The Labute approximate surface area is 103 Å². The van der Waals surface area contributed by atoms with Gasteiger partial charge in [-0.15, -0.1) is 0 Å². The Kier molecular flexibility index (Phi) is 5.38. The summed E-state index contributed by atoms with van der Waals surface area (Å²) in [7, 11) is 0. The predicted molar refractivity (Wildman–Crippen MR) is 68.4 cm³/mol. The third kappa shape index (κ3) is 4.81. The lowest BCUT2D eigenvalue weighted by Crippen LogP contribution is -1.85. The van der Waals surface area contributed by atoms with Crippen molar-refractivity contribution in [3.8, 4) is 11.8 Å². The van der Waals surface area contributed by atoms with Crippen LogP contribution >= 0.6 is 15.9 Å². The van der Waals surface area contributed by atoms with E-state index in [1.807, 2.05) is 24.3 Å². The van der Waals surface area contributed by atoms with Gasteiger partial charge in [-0.3, -0.25) is 0 Å². The molecule has 0 aromatic heterocycles. The number of hydrogen-bond donors (Lipinski definition) is 1. The first-order valence-electron chi connectivity index (χ1n) is 4.78. The largest absolute Gasteiger partial charge is 0.478 e. The predicted octanol–water partition coefficient (Wildman–Crippen LogP) is 2.92. The average molecular weight is 279 g/mol. The maximum absolute atomic E-state index is 10.3. The van der Waals surface area contributed by atoms with Crippen molar-refractivity contribution in [1.82, 2.24) is 0 Å². The van der Waals surface area contributed by atoms with Gasteiger partial charge in [0.15, 0.2) is 0 Å². The van der Waals surface area contributed by atoms with Crippen LogP contribution < -0.4 is 0 Å². The van der Waals surface area contributed by atoms with Crippen LogP contribution in [0.5, 0.6) is 0 Å². The van der Waals surface area contributed by atoms with E-state index in [0.717, 1.165) is 29.0 Å². The molecule has 1 N–H and O–H groups in total. The molecule has 0 fully saturated rings. The lowest BCUT2D eigenvalue weighted by Gasteiger charge is -1.93. The molecular formula is C13H11BrO2. The van der Waals surface area contributed by atoms with Gasteiger partial charge < -0.3 is 5.11 Å². The lowest BCUT2D eigenvalue weighted by atomic mass is 10.1. The number of carbonyl (C=O) groups is 1. The zero-order valence-electron chi connectivity index (χ0n) is 8.61. The van der Waals surface area contributed by atoms with Crippen molar-refractivity contribution in [1.29, 1.82) is 0 Å². The second-order valence-electron chi connectivity index (χ2n) is 3.03. The highest BCUT2D eigenvalue weighted by molar-refractivity contribution is 9.09. The third-order valence-corrected chi connectivity index (χ3v) is 2.18. The maximum Gasteiger partial charge on any atom is 0.328 e. The fraction of sp³-hybridized carbons (Fsp3) is 0.154. The van der Waals surface area contributed by atoms with Gasteiger partial charge in [0.25, 0.3) is 0 Å². The quantitative estimate of drug-likeness (QED) is 0.524. The van der Waals surface area contributed by atoms with E-state index in [0.29, 0.717) is 0 Å². The summed E-state index contributed by atoms with van der Waals surface area (Å²) in [6.07, 6.45) is 3.49. The Hall–Kier alpha value is -1.53. The standard InChI is InChI=1S/C13H11BrO2/c14-10-2-1-3-11-4-6-12(7-5-11)8-9-13(15)16/h4-9H,2,10H2,(H,15,16)/b9-8+. The minimum absolute atomic E-state index is 0.820. The molecule has 82 valence electrons. The van der Waals surface area contributed by atoms with Crippen LogP contribution in [0.15, 0.2) is 30.3 Å². The van der Waals surface area contributed by atoms with Gasteiger partial charge >= 0.3 is 5.97 Å². The molecule has 0 spiro atoms. The molecule has 16 heavy (non-hydrogen) atoms. The SMILES string of the molecule is O=C(O)/C=C/c1ccc(C#CCCBr)cc1. The summed E-state index contributed by atoms with van der Waals surface area (Å²) in [5.41, 5.74) is 1.79. The Bertz CT molecular complexity index is 435. The van der Waals surface area contributed by atoms with Crippen molar-refractivity contribution in [2.75, 3.05) is 5.33 Å². The summed E-state index contributed by atoms with van der Waals surface area (Å²) in [6.45, 7) is 0. The van der Waals surface area contributed by atoms with Crippen LogP contribution in [0, 0.1) is 11.8 Å². The van der Waals surface area contributed by atoms with E-state index in [1.165, 1.54) is 0 Å². The topological polar surface area (TPSA) is 37.3 Å². The first-order chi connectivity index (χ1) is 7.72. The van der Waals surface area contributed by atoms with E-state index in [-0.39, 0.29) is 0 Å². The minimum atomic E-state index is -0.943. The van der Waals surface area contributed by atoms with Crippen molar-refractivity contribution < 1.29 is 9.90 Å². The van der Waals surface area contributed by atoms with E-state index in [4.69, 9.17) is 5.11 Å². The number of carboxylic acid groups (broad SMARTS) is 1. The van der Waals surface area contributed by atoms with E-state index < -0.39 is 5.97 Å². The van der Waals surface area contributed by atoms with Crippen LogP contribution in [-0.4, -0.2) is 16.4 Å². The molecule has 2 nitrogen and oxygen atoms in total. The molecule has 0 unspecified atom stereocenters. The minimum Gasteiger partial charge on any atom is -0.478 e. The van der Waals surface area contributed by atoms with E-state index >= 15 is 0 Å². The van der Waals surface area contributed by atoms with Gasteiger partial charge in [0.05, 0.1) is 0 Å². The van der Waals surface area contributed by atoms with Gasteiger partial charge in [-0.25, -0.2) is 4.79 Å². The first kappa shape index (κ1) is 12.5. The molecule has 0 radical (unpaired) electrons. The Morgan fingerprint density at radius 1 is 1.38 bits per heavy atom. The molecule has 0 saturated heterocycles. The lowest BCUT2D eigenvalue weighted by molar-refractivity contribution is -0.131. The zero-order valence-corrected chi connectivity index (χ0v) is 10.2. The fourth-order valence-corrected chi connectivity index (χ4v) is 1.26. The number of halogens is 1. The molecule has 1 aromatic carbocycles. The first-order valence-corrected chi connectivity index (χ1v) is 5.90. The number of hydrogen-bond acceptors (Lipinski definition) is 1. The summed E-state index contributed by atoms with van der Waals surface area (Å²) in [6, 6.07) is 7.45. The molecule has 1 aromatic rings.